The molecule has 0 aromatic heterocycles. The Morgan fingerprint density at radius 1 is 1.47 bits per heavy atom. The summed E-state index contributed by atoms with van der Waals surface area (Å²) in [7, 11) is 0. The van der Waals surface area contributed by atoms with Gasteiger partial charge in [0.1, 0.15) is 5.75 Å². The fourth-order valence-electron chi connectivity index (χ4n) is 1.89. The molecule has 0 radical (unpaired) electrons. The van der Waals surface area contributed by atoms with Crippen molar-refractivity contribution in [3.63, 3.8) is 0 Å². The van der Waals surface area contributed by atoms with Gasteiger partial charge in [-0.1, -0.05) is 26.0 Å². The zero-order valence-corrected chi connectivity index (χ0v) is 10.4. The number of hydrogen-bond donors (Lipinski definition) is 1. The summed E-state index contributed by atoms with van der Waals surface area (Å²) in [6, 6.07) is 7.27. The van der Waals surface area contributed by atoms with Crippen molar-refractivity contribution in [2.24, 2.45) is 11.7 Å². The maximum Gasteiger partial charge on any atom is 0.150 e. The lowest BCUT2D eigenvalue weighted by atomic mass is 9.85. The van der Waals surface area contributed by atoms with Crippen LogP contribution in [0.3, 0.4) is 0 Å². The fraction of sp³-hybridized carbons (Fsp3) is 0.571. The second-order valence-corrected chi connectivity index (χ2v) is 5.07. The highest BCUT2D eigenvalue weighted by molar-refractivity contribution is 5.33. The summed E-state index contributed by atoms with van der Waals surface area (Å²) >= 11 is 0. The molecule has 0 amide bonds. The monoisotopic (exact) mass is 237 g/mol. The van der Waals surface area contributed by atoms with Crippen molar-refractivity contribution in [2.45, 2.75) is 38.5 Å². The molecule has 1 aliphatic carbocycles. The Hall–Kier alpha value is -1.09. The third kappa shape index (κ3) is 2.60. The minimum absolute atomic E-state index is 0.00243. The Kier molecular flexibility index (Phi) is 3.38. The number of rotatable bonds is 5. The van der Waals surface area contributed by atoms with E-state index in [1.54, 1.807) is 12.1 Å². The van der Waals surface area contributed by atoms with Crippen LogP contribution in [0.15, 0.2) is 24.3 Å². The van der Waals surface area contributed by atoms with Gasteiger partial charge in [-0.25, -0.2) is 4.39 Å². The Bertz CT molecular complexity index is 390. The minimum Gasteiger partial charge on any atom is -0.490 e. The lowest BCUT2D eigenvalue weighted by Crippen LogP contribution is -2.35. The first kappa shape index (κ1) is 12.4. The lowest BCUT2D eigenvalue weighted by Gasteiger charge is -2.28. The number of ether oxygens (including phenoxy) is 1. The summed E-state index contributed by atoms with van der Waals surface area (Å²) in [6.45, 7) is 3.69. The van der Waals surface area contributed by atoms with Crippen LogP contribution in [-0.2, 0) is 5.67 Å². The van der Waals surface area contributed by atoms with E-state index in [2.05, 4.69) is 0 Å². The van der Waals surface area contributed by atoms with Gasteiger partial charge in [0, 0.05) is 6.54 Å². The molecule has 2 nitrogen and oxygen atoms in total. The van der Waals surface area contributed by atoms with Crippen LogP contribution in [0.1, 0.15) is 32.3 Å². The van der Waals surface area contributed by atoms with Crippen LogP contribution in [-0.4, -0.2) is 12.6 Å². The molecule has 1 unspecified atom stereocenters. The molecule has 1 saturated carbocycles. The second kappa shape index (κ2) is 4.65. The van der Waals surface area contributed by atoms with Crippen molar-refractivity contribution in [3.05, 3.63) is 29.8 Å². The minimum atomic E-state index is -1.47. The maximum absolute atomic E-state index is 14.7. The van der Waals surface area contributed by atoms with Gasteiger partial charge < -0.3 is 10.5 Å². The fourth-order valence-corrected chi connectivity index (χ4v) is 1.89. The topological polar surface area (TPSA) is 35.2 Å². The predicted octanol–water partition coefficient (Wildman–Crippen LogP) is 3.01. The van der Waals surface area contributed by atoms with E-state index in [4.69, 9.17) is 10.5 Å². The van der Waals surface area contributed by atoms with E-state index < -0.39 is 5.67 Å². The van der Waals surface area contributed by atoms with E-state index in [1.807, 2.05) is 26.0 Å². The largest absolute Gasteiger partial charge is 0.490 e. The number of nitrogens with two attached hydrogens (primary N) is 1. The first-order valence-corrected chi connectivity index (χ1v) is 6.22. The van der Waals surface area contributed by atoms with Crippen LogP contribution in [0, 0.1) is 5.92 Å². The molecular weight excluding hydrogens is 217 g/mol. The van der Waals surface area contributed by atoms with Gasteiger partial charge in [0.05, 0.1) is 6.10 Å². The number of hydrogen-bond acceptors (Lipinski definition) is 2. The summed E-state index contributed by atoms with van der Waals surface area (Å²) in [5.74, 6) is 0.602. The van der Waals surface area contributed by atoms with Crippen molar-refractivity contribution < 1.29 is 9.13 Å². The van der Waals surface area contributed by atoms with Gasteiger partial charge >= 0.3 is 0 Å². The zero-order chi connectivity index (χ0) is 12.5. The van der Waals surface area contributed by atoms with Crippen LogP contribution in [0.2, 0.25) is 0 Å². The van der Waals surface area contributed by atoms with Crippen molar-refractivity contribution in [2.75, 3.05) is 6.54 Å². The molecular formula is C14H20FNO. The molecule has 0 heterocycles. The van der Waals surface area contributed by atoms with Gasteiger partial charge in [0.25, 0.3) is 0 Å². The van der Waals surface area contributed by atoms with Crippen LogP contribution in [0.4, 0.5) is 4.39 Å². The van der Waals surface area contributed by atoms with Crippen molar-refractivity contribution in [3.8, 4) is 5.75 Å². The molecule has 0 saturated heterocycles. The molecule has 0 bridgehead atoms. The highest BCUT2D eigenvalue weighted by Crippen LogP contribution is 2.35. The van der Waals surface area contributed by atoms with E-state index in [0.717, 1.165) is 18.6 Å². The quantitative estimate of drug-likeness (QED) is 0.854. The van der Waals surface area contributed by atoms with Gasteiger partial charge in [-0.3, -0.25) is 0 Å². The maximum atomic E-state index is 14.7. The molecule has 1 aromatic carbocycles. The van der Waals surface area contributed by atoms with Crippen LogP contribution >= 0.6 is 0 Å². The smallest absolute Gasteiger partial charge is 0.150 e. The molecule has 2 rings (SSSR count). The summed E-state index contributed by atoms with van der Waals surface area (Å²) < 4.78 is 20.4. The van der Waals surface area contributed by atoms with Crippen molar-refractivity contribution in [1.29, 1.82) is 0 Å². The normalized spacial score (nSPS) is 19.1. The van der Waals surface area contributed by atoms with Crippen LogP contribution in [0.25, 0.3) is 0 Å². The van der Waals surface area contributed by atoms with E-state index in [1.165, 1.54) is 0 Å². The predicted molar refractivity (Wildman–Crippen MR) is 66.8 cm³/mol. The third-order valence-electron chi connectivity index (χ3n) is 3.35. The zero-order valence-electron chi connectivity index (χ0n) is 10.4. The van der Waals surface area contributed by atoms with E-state index in [9.17, 15) is 4.39 Å². The molecule has 94 valence electrons. The Labute approximate surface area is 102 Å². The number of alkyl halides is 1. The molecule has 1 fully saturated rings. The molecule has 0 spiro atoms. The summed E-state index contributed by atoms with van der Waals surface area (Å²) in [5, 5.41) is 0. The first-order chi connectivity index (χ1) is 8.06. The van der Waals surface area contributed by atoms with Gasteiger partial charge in [-0.2, -0.15) is 0 Å². The van der Waals surface area contributed by atoms with Gasteiger partial charge in [0.15, 0.2) is 5.67 Å². The second-order valence-electron chi connectivity index (χ2n) is 5.07. The molecule has 1 aromatic rings. The molecule has 0 aliphatic heterocycles. The Morgan fingerprint density at radius 3 is 2.71 bits per heavy atom. The summed E-state index contributed by atoms with van der Waals surface area (Å²) in [4.78, 5) is 0. The molecule has 3 heteroatoms. The van der Waals surface area contributed by atoms with Gasteiger partial charge in [0.2, 0.25) is 0 Å². The van der Waals surface area contributed by atoms with Crippen molar-refractivity contribution in [1.82, 2.24) is 0 Å². The molecule has 17 heavy (non-hydrogen) atoms. The average Bonchev–Trinajstić information content (AvgIpc) is 3.12. The first-order valence-electron chi connectivity index (χ1n) is 6.22. The third-order valence-corrected chi connectivity index (χ3v) is 3.35. The highest BCUT2D eigenvalue weighted by atomic mass is 19.1. The van der Waals surface area contributed by atoms with Crippen molar-refractivity contribution >= 4 is 0 Å². The van der Waals surface area contributed by atoms with Gasteiger partial charge in [-0.15, -0.1) is 0 Å². The highest BCUT2D eigenvalue weighted by Gasteiger charge is 2.34. The Balaban J connectivity index is 2.23. The lowest BCUT2D eigenvalue weighted by molar-refractivity contribution is 0.109. The number of halogens is 1. The van der Waals surface area contributed by atoms with E-state index in [0.29, 0.717) is 11.7 Å². The van der Waals surface area contributed by atoms with E-state index >= 15 is 0 Å². The Morgan fingerprint density at radius 2 is 2.18 bits per heavy atom. The standard InChI is InChI=1S/C14H20FNO/c1-10(2)14(15,9-16)11-4-3-5-13(8-11)17-12-6-7-12/h3-5,8,10,12H,6-7,9,16H2,1-2H3. The average molecular weight is 237 g/mol. The molecule has 2 N–H and O–H groups in total. The SMILES string of the molecule is CC(C)C(F)(CN)c1cccc(OC2CC2)c1. The van der Waals surface area contributed by atoms with Crippen LogP contribution in [0.5, 0.6) is 5.75 Å². The van der Waals surface area contributed by atoms with Crippen LogP contribution < -0.4 is 10.5 Å². The van der Waals surface area contributed by atoms with E-state index in [-0.39, 0.29) is 12.5 Å². The van der Waals surface area contributed by atoms with Gasteiger partial charge in [-0.05, 0) is 36.5 Å². The summed E-state index contributed by atoms with van der Waals surface area (Å²) in [6.07, 6.45) is 2.54. The number of benzene rings is 1. The summed E-state index contributed by atoms with van der Waals surface area (Å²) in [5.41, 5.74) is 4.74. The molecule has 1 atom stereocenters. The molecule has 1 aliphatic rings.